The van der Waals surface area contributed by atoms with E-state index >= 15 is 0 Å². The minimum Gasteiger partial charge on any atom is -0.474 e. The monoisotopic (exact) mass is 502 g/mol. The fourth-order valence-corrected chi connectivity index (χ4v) is 3.47. The van der Waals surface area contributed by atoms with Crippen molar-refractivity contribution in [2.24, 2.45) is 0 Å². The molecule has 3 N–H and O–H groups in total. The molecule has 35 heavy (non-hydrogen) atoms. The maximum absolute atomic E-state index is 14.4. The second-order valence-corrected chi connectivity index (χ2v) is 8.25. The summed E-state index contributed by atoms with van der Waals surface area (Å²) in [4.78, 5) is 31.2. The molecule has 13 heteroatoms. The summed E-state index contributed by atoms with van der Waals surface area (Å²) in [7, 11) is 0. The quantitative estimate of drug-likeness (QED) is 0.478. The number of rotatable bonds is 5. The summed E-state index contributed by atoms with van der Waals surface area (Å²) in [6.07, 6.45) is 2.72. The van der Waals surface area contributed by atoms with Crippen molar-refractivity contribution in [1.29, 1.82) is 0 Å². The predicted molar refractivity (Wildman–Crippen MR) is 131 cm³/mol. The Morgan fingerprint density at radius 1 is 1.06 bits per heavy atom. The zero-order chi connectivity index (χ0) is 23.7. The Bertz CT molecular complexity index is 1220. The van der Waals surface area contributed by atoms with Crippen LogP contribution >= 0.6 is 12.4 Å². The largest absolute Gasteiger partial charge is 0.474 e. The maximum Gasteiger partial charge on any atom is 0.269 e. The Morgan fingerprint density at radius 3 is 2.60 bits per heavy atom. The second-order valence-electron chi connectivity index (χ2n) is 8.25. The van der Waals surface area contributed by atoms with Gasteiger partial charge in [0.25, 0.3) is 5.91 Å². The molecule has 1 saturated heterocycles. The second kappa shape index (κ2) is 9.84. The van der Waals surface area contributed by atoms with Gasteiger partial charge in [-0.05, 0) is 38.1 Å². The minimum atomic E-state index is -1.00. The van der Waals surface area contributed by atoms with E-state index in [2.05, 4.69) is 40.8 Å². The van der Waals surface area contributed by atoms with Crippen molar-refractivity contribution in [3.63, 3.8) is 0 Å². The van der Waals surface area contributed by atoms with Crippen LogP contribution in [-0.2, 0) is 9.53 Å². The summed E-state index contributed by atoms with van der Waals surface area (Å²) in [5.41, 5.74) is -0.345. The zero-order valence-electron chi connectivity index (χ0n) is 19.0. The molecular formula is C22H24ClFN8O3. The van der Waals surface area contributed by atoms with Gasteiger partial charge < -0.3 is 30.3 Å². The molecule has 2 aliphatic rings. The van der Waals surface area contributed by atoms with Crippen molar-refractivity contribution in [3.8, 4) is 5.75 Å². The van der Waals surface area contributed by atoms with E-state index < -0.39 is 11.4 Å². The van der Waals surface area contributed by atoms with Gasteiger partial charge in [0.05, 0.1) is 31.3 Å². The molecule has 5 rings (SSSR count). The molecule has 184 valence electrons. The van der Waals surface area contributed by atoms with Crippen LogP contribution in [0.2, 0.25) is 0 Å². The number of ether oxygens (including phenoxy) is 2. The van der Waals surface area contributed by atoms with Gasteiger partial charge in [-0.2, -0.15) is 4.98 Å². The molecule has 0 aliphatic carbocycles. The average Bonchev–Trinajstić information content (AvgIpc) is 2.83. The lowest BCUT2D eigenvalue weighted by Crippen LogP contribution is -2.46. The number of pyridine rings is 2. The van der Waals surface area contributed by atoms with Crippen LogP contribution in [0.15, 0.2) is 36.7 Å². The van der Waals surface area contributed by atoms with Gasteiger partial charge in [-0.3, -0.25) is 4.79 Å². The van der Waals surface area contributed by atoms with Gasteiger partial charge in [0.15, 0.2) is 28.8 Å². The first-order valence-electron chi connectivity index (χ1n) is 10.7. The molecule has 0 radical (unpaired) electrons. The molecule has 1 amide bonds. The van der Waals surface area contributed by atoms with E-state index in [1.54, 1.807) is 32.2 Å². The highest BCUT2D eigenvalue weighted by atomic mass is 35.5. The number of anilines is 6. The Hall–Kier alpha value is -3.77. The third kappa shape index (κ3) is 5.33. The van der Waals surface area contributed by atoms with Gasteiger partial charge in [0.2, 0.25) is 5.95 Å². The van der Waals surface area contributed by atoms with E-state index in [4.69, 9.17) is 9.47 Å². The van der Waals surface area contributed by atoms with Crippen molar-refractivity contribution in [2.75, 3.05) is 47.2 Å². The van der Waals surface area contributed by atoms with E-state index in [0.29, 0.717) is 24.7 Å². The summed E-state index contributed by atoms with van der Waals surface area (Å²) in [5.74, 6) is 0.927. The van der Waals surface area contributed by atoms with Crippen molar-refractivity contribution >= 4 is 53.2 Å². The summed E-state index contributed by atoms with van der Waals surface area (Å²) in [6, 6.07) is 7.00. The van der Waals surface area contributed by atoms with Gasteiger partial charge >= 0.3 is 0 Å². The van der Waals surface area contributed by atoms with Crippen LogP contribution < -0.4 is 25.6 Å². The summed E-state index contributed by atoms with van der Waals surface area (Å²) >= 11 is 0. The molecule has 5 heterocycles. The minimum absolute atomic E-state index is 0. The normalized spacial score (nSPS) is 16.3. The standard InChI is InChI=1S/C22H23FN8O3.ClH/c1-22(2)20(32)29-19-15(34-22)4-5-16(28-19)27-18-14(23)12-25-21(30-18)26-13-3-6-17(24-11-13)31-7-9-33-10-8-31;/h3-6,11-12H,7-10H2,1-2H3,(H3,25,26,27,28,29,30,32);1H. The number of amides is 1. The van der Waals surface area contributed by atoms with E-state index in [1.807, 2.05) is 12.1 Å². The van der Waals surface area contributed by atoms with Crippen LogP contribution in [0.25, 0.3) is 0 Å². The molecule has 0 atom stereocenters. The molecule has 11 nitrogen and oxygen atoms in total. The molecule has 2 aliphatic heterocycles. The molecule has 3 aromatic heterocycles. The highest BCUT2D eigenvalue weighted by Crippen LogP contribution is 2.33. The average molecular weight is 503 g/mol. The highest BCUT2D eigenvalue weighted by molar-refractivity contribution is 5.99. The number of halogens is 2. The first-order valence-corrected chi connectivity index (χ1v) is 10.7. The summed E-state index contributed by atoms with van der Waals surface area (Å²) in [5, 5.41) is 8.53. The third-order valence-corrected chi connectivity index (χ3v) is 5.33. The number of hydrogen-bond donors (Lipinski definition) is 3. The lowest BCUT2D eigenvalue weighted by Gasteiger charge is -2.30. The zero-order valence-corrected chi connectivity index (χ0v) is 19.9. The first kappa shape index (κ1) is 24.4. The van der Waals surface area contributed by atoms with Crippen LogP contribution in [0.5, 0.6) is 5.75 Å². The third-order valence-electron chi connectivity index (χ3n) is 5.33. The number of carbonyl (C=O) groups is 1. The Labute approximate surface area is 206 Å². The van der Waals surface area contributed by atoms with Crippen LogP contribution in [0, 0.1) is 5.82 Å². The Morgan fingerprint density at radius 2 is 1.86 bits per heavy atom. The lowest BCUT2D eigenvalue weighted by molar-refractivity contribution is -0.129. The summed E-state index contributed by atoms with van der Waals surface area (Å²) in [6.45, 7) is 6.26. The molecule has 0 saturated carbocycles. The van der Waals surface area contributed by atoms with Crippen molar-refractivity contribution in [1.82, 2.24) is 19.9 Å². The van der Waals surface area contributed by atoms with Crippen molar-refractivity contribution < 1.29 is 18.7 Å². The highest BCUT2D eigenvalue weighted by Gasteiger charge is 2.36. The number of fused-ring (bicyclic) bond motifs is 1. The Kier molecular flexibility index (Phi) is 6.85. The number of nitrogens with one attached hydrogen (secondary N) is 3. The van der Waals surface area contributed by atoms with Crippen LogP contribution in [-0.4, -0.2) is 57.7 Å². The van der Waals surface area contributed by atoms with Crippen molar-refractivity contribution in [3.05, 3.63) is 42.5 Å². The van der Waals surface area contributed by atoms with E-state index in [9.17, 15) is 9.18 Å². The molecule has 0 unspecified atom stereocenters. The smallest absolute Gasteiger partial charge is 0.269 e. The molecule has 0 spiro atoms. The maximum atomic E-state index is 14.4. The number of nitrogens with zero attached hydrogens (tertiary/aromatic N) is 5. The van der Waals surface area contributed by atoms with Crippen LogP contribution in [0.4, 0.5) is 39.3 Å². The van der Waals surface area contributed by atoms with E-state index in [1.165, 1.54) is 0 Å². The van der Waals surface area contributed by atoms with E-state index in [0.717, 1.165) is 25.1 Å². The molecule has 0 aromatic carbocycles. The number of aromatic nitrogens is 4. The van der Waals surface area contributed by atoms with Gasteiger partial charge in [-0.15, -0.1) is 12.4 Å². The SMILES string of the molecule is CC1(C)Oc2ccc(Nc3nc(Nc4ccc(N5CCOCC5)nc4)ncc3F)nc2NC1=O.Cl. The number of carbonyl (C=O) groups excluding carboxylic acids is 1. The summed E-state index contributed by atoms with van der Waals surface area (Å²) < 4.78 is 25.4. The van der Waals surface area contributed by atoms with Crippen molar-refractivity contribution in [2.45, 2.75) is 19.4 Å². The fraction of sp³-hybridized carbons (Fsp3) is 0.318. The molecule has 0 bridgehead atoms. The number of morpholine rings is 1. The van der Waals surface area contributed by atoms with Gasteiger partial charge in [-0.25, -0.2) is 19.3 Å². The fourth-order valence-electron chi connectivity index (χ4n) is 3.47. The van der Waals surface area contributed by atoms with Gasteiger partial charge in [-0.1, -0.05) is 0 Å². The Balaban J connectivity index is 0.00000289. The van der Waals surface area contributed by atoms with Crippen LogP contribution in [0.1, 0.15) is 13.8 Å². The van der Waals surface area contributed by atoms with E-state index in [-0.39, 0.29) is 41.7 Å². The molecule has 3 aromatic rings. The van der Waals surface area contributed by atoms with Gasteiger partial charge in [0.1, 0.15) is 11.6 Å². The number of hydrogen-bond acceptors (Lipinski definition) is 10. The lowest BCUT2D eigenvalue weighted by atomic mass is 10.1. The predicted octanol–water partition coefficient (Wildman–Crippen LogP) is 3.26. The van der Waals surface area contributed by atoms with Gasteiger partial charge in [0, 0.05) is 13.1 Å². The van der Waals surface area contributed by atoms with Crippen LogP contribution in [0.3, 0.4) is 0 Å². The molecule has 1 fully saturated rings. The molecular weight excluding hydrogens is 479 g/mol. The topological polar surface area (TPSA) is 126 Å². The first-order chi connectivity index (χ1) is 16.4.